The summed E-state index contributed by atoms with van der Waals surface area (Å²) in [5, 5.41) is 12.1. The van der Waals surface area contributed by atoms with E-state index in [-0.39, 0.29) is 17.3 Å². The number of nitrogens with zero attached hydrogens (tertiary/aromatic N) is 1. The third-order valence-electron chi connectivity index (χ3n) is 3.90. The van der Waals surface area contributed by atoms with E-state index < -0.39 is 5.92 Å². The Morgan fingerprint density at radius 2 is 1.86 bits per heavy atom. The molecule has 22 heavy (non-hydrogen) atoms. The van der Waals surface area contributed by atoms with E-state index in [1.165, 1.54) is 12.1 Å². The maximum Gasteiger partial charge on any atom is 0.214 e. The molecule has 2 aromatic carbocycles. The molecule has 5 heteroatoms. The zero-order valence-electron chi connectivity index (χ0n) is 12.0. The normalized spacial score (nSPS) is 12.5. The zero-order valence-corrected chi connectivity index (χ0v) is 12.0. The summed E-state index contributed by atoms with van der Waals surface area (Å²) in [5.74, 6) is -0.758. The molecule has 1 atom stereocenters. The third-order valence-corrected chi connectivity index (χ3v) is 3.90. The molecule has 0 aliphatic rings. The molecule has 0 radical (unpaired) electrons. The standard InChI is InChI=1S/C17H15FN2O2/c1-11-17(14-4-2-3-5-16(14)19-11)15(10-20(21)22)12-6-8-13(18)9-7-12/h2-9,15,19H,10H2,1H3. The van der Waals surface area contributed by atoms with Gasteiger partial charge >= 0.3 is 0 Å². The Kier molecular flexibility index (Phi) is 3.63. The number of hydrogen-bond acceptors (Lipinski definition) is 2. The first-order valence-electron chi connectivity index (χ1n) is 7.00. The average molecular weight is 298 g/mol. The average Bonchev–Trinajstić information content (AvgIpc) is 2.81. The van der Waals surface area contributed by atoms with Gasteiger partial charge in [0.2, 0.25) is 6.54 Å². The summed E-state index contributed by atoms with van der Waals surface area (Å²) in [7, 11) is 0. The van der Waals surface area contributed by atoms with Gasteiger partial charge < -0.3 is 4.98 Å². The smallest absolute Gasteiger partial charge is 0.214 e. The number of nitrogens with one attached hydrogen (secondary N) is 1. The number of hydrogen-bond donors (Lipinski definition) is 1. The van der Waals surface area contributed by atoms with Crippen LogP contribution in [0.1, 0.15) is 22.7 Å². The Hall–Kier alpha value is -2.69. The lowest BCUT2D eigenvalue weighted by Crippen LogP contribution is -2.14. The molecule has 1 unspecified atom stereocenters. The Balaban J connectivity index is 2.17. The van der Waals surface area contributed by atoms with Crippen LogP contribution < -0.4 is 0 Å². The van der Waals surface area contributed by atoms with Gasteiger partial charge in [-0.15, -0.1) is 0 Å². The molecule has 1 aromatic heterocycles. The molecule has 3 aromatic rings. The minimum Gasteiger partial charge on any atom is -0.358 e. The van der Waals surface area contributed by atoms with E-state index in [0.717, 1.165) is 27.7 Å². The molecule has 0 aliphatic heterocycles. The predicted octanol–water partition coefficient (Wildman–Crippen LogP) is 4.02. The van der Waals surface area contributed by atoms with Crippen molar-refractivity contribution in [3.8, 4) is 0 Å². The molecule has 0 saturated carbocycles. The van der Waals surface area contributed by atoms with Crippen LogP contribution in [-0.2, 0) is 0 Å². The predicted molar refractivity (Wildman–Crippen MR) is 83.1 cm³/mol. The first-order valence-corrected chi connectivity index (χ1v) is 7.00. The number of aromatic amines is 1. The SMILES string of the molecule is Cc1[nH]c2ccccc2c1C(C[N+](=O)[O-])c1ccc(F)cc1. The number of aromatic nitrogens is 1. The Labute approximate surface area is 126 Å². The molecule has 112 valence electrons. The third kappa shape index (κ3) is 2.57. The second-order valence-electron chi connectivity index (χ2n) is 5.33. The second kappa shape index (κ2) is 5.60. The lowest BCUT2D eigenvalue weighted by molar-refractivity contribution is -0.481. The largest absolute Gasteiger partial charge is 0.358 e. The summed E-state index contributed by atoms with van der Waals surface area (Å²) in [6, 6.07) is 13.6. The van der Waals surface area contributed by atoms with Gasteiger partial charge in [0.15, 0.2) is 0 Å². The van der Waals surface area contributed by atoms with E-state index in [1.807, 2.05) is 31.2 Å². The first-order chi connectivity index (χ1) is 10.6. The van der Waals surface area contributed by atoms with Crippen molar-refractivity contribution in [2.75, 3.05) is 6.54 Å². The van der Waals surface area contributed by atoms with Gasteiger partial charge in [-0.2, -0.15) is 0 Å². The fourth-order valence-corrected chi connectivity index (χ4v) is 2.95. The molecule has 4 nitrogen and oxygen atoms in total. The van der Waals surface area contributed by atoms with Crippen LogP contribution in [0.15, 0.2) is 48.5 Å². The van der Waals surface area contributed by atoms with Crippen molar-refractivity contribution in [3.05, 3.63) is 81.3 Å². The van der Waals surface area contributed by atoms with Crippen LogP contribution in [0.25, 0.3) is 10.9 Å². The molecule has 0 bridgehead atoms. The maximum absolute atomic E-state index is 13.1. The lowest BCUT2D eigenvalue weighted by Gasteiger charge is -2.14. The number of H-pyrrole nitrogens is 1. The van der Waals surface area contributed by atoms with Gasteiger partial charge in [-0.05, 0) is 36.2 Å². The summed E-state index contributed by atoms with van der Waals surface area (Å²) in [4.78, 5) is 14.1. The van der Waals surface area contributed by atoms with Crippen LogP contribution in [0.5, 0.6) is 0 Å². The maximum atomic E-state index is 13.1. The topological polar surface area (TPSA) is 58.9 Å². The van der Waals surface area contributed by atoms with Gasteiger partial charge in [-0.1, -0.05) is 30.3 Å². The highest BCUT2D eigenvalue weighted by molar-refractivity contribution is 5.85. The van der Waals surface area contributed by atoms with Crippen molar-refractivity contribution in [2.24, 2.45) is 0 Å². The highest BCUT2D eigenvalue weighted by atomic mass is 19.1. The van der Waals surface area contributed by atoms with E-state index in [4.69, 9.17) is 0 Å². The lowest BCUT2D eigenvalue weighted by atomic mass is 9.89. The highest BCUT2D eigenvalue weighted by Gasteiger charge is 2.25. The monoisotopic (exact) mass is 298 g/mol. The van der Waals surface area contributed by atoms with Gasteiger partial charge in [0.05, 0.1) is 5.92 Å². The van der Waals surface area contributed by atoms with Gasteiger partial charge in [-0.25, -0.2) is 4.39 Å². The number of halogens is 1. The Morgan fingerprint density at radius 1 is 1.18 bits per heavy atom. The van der Waals surface area contributed by atoms with Crippen LogP contribution >= 0.6 is 0 Å². The molecule has 3 rings (SSSR count). The van der Waals surface area contributed by atoms with Crippen molar-refractivity contribution < 1.29 is 9.31 Å². The molecule has 0 aliphatic carbocycles. The summed E-state index contributed by atoms with van der Waals surface area (Å²) >= 11 is 0. The van der Waals surface area contributed by atoms with Crippen LogP contribution in [0.3, 0.4) is 0 Å². The molecular formula is C17H15FN2O2. The minimum atomic E-state index is -0.410. The van der Waals surface area contributed by atoms with Gasteiger partial charge in [0, 0.05) is 21.5 Å². The van der Waals surface area contributed by atoms with Crippen LogP contribution in [0.4, 0.5) is 4.39 Å². The van der Waals surface area contributed by atoms with E-state index in [0.29, 0.717) is 0 Å². The van der Waals surface area contributed by atoms with Crippen molar-refractivity contribution in [2.45, 2.75) is 12.8 Å². The van der Waals surface area contributed by atoms with E-state index >= 15 is 0 Å². The van der Waals surface area contributed by atoms with Crippen molar-refractivity contribution in [1.82, 2.24) is 4.98 Å². The number of benzene rings is 2. The van der Waals surface area contributed by atoms with Crippen LogP contribution in [0, 0.1) is 22.9 Å². The fraction of sp³-hybridized carbons (Fsp3) is 0.176. The van der Waals surface area contributed by atoms with Gasteiger partial charge in [0.1, 0.15) is 5.82 Å². The van der Waals surface area contributed by atoms with Gasteiger partial charge in [-0.3, -0.25) is 10.1 Å². The molecular weight excluding hydrogens is 283 g/mol. The summed E-state index contributed by atoms with van der Waals surface area (Å²) in [5.41, 5.74) is 3.49. The second-order valence-corrected chi connectivity index (χ2v) is 5.33. The number of para-hydroxylation sites is 1. The highest BCUT2D eigenvalue weighted by Crippen LogP contribution is 2.33. The van der Waals surface area contributed by atoms with Crippen molar-refractivity contribution in [3.63, 3.8) is 0 Å². The number of rotatable bonds is 4. The number of aryl methyl sites for hydroxylation is 1. The van der Waals surface area contributed by atoms with Crippen molar-refractivity contribution in [1.29, 1.82) is 0 Å². The molecule has 0 fully saturated rings. The van der Waals surface area contributed by atoms with Gasteiger partial charge in [0.25, 0.3) is 0 Å². The van der Waals surface area contributed by atoms with Crippen LogP contribution in [0.2, 0.25) is 0 Å². The summed E-state index contributed by atoms with van der Waals surface area (Å²) in [6.45, 7) is 1.68. The number of nitro groups is 1. The first kappa shape index (κ1) is 14.3. The molecule has 0 saturated heterocycles. The zero-order chi connectivity index (χ0) is 15.7. The molecule has 0 spiro atoms. The summed E-state index contributed by atoms with van der Waals surface area (Å²) in [6.07, 6.45) is 0. The van der Waals surface area contributed by atoms with E-state index in [2.05, 4.69) is 4.98 Å². The van der Waals surface area contributed by atoms with E-state index in [1.54, 1.807) is 12.1 Å². The van der Waals surface area contributed by atoms with Crippen molar-refractivity contribution >= 4 is 10.9 Å². The molecule has 1 heterocycles. The van der Waals surface area contributed by atoms with E-state index in [9.17, 15) is 14.5 Å². The Bertz CT molecular complexity index is 824. The fourth-order valence-electron chi connectivity index (χ4n) is 2.95. The van der Waals surface area contributed by atoms with Crippen LogP contribution in [-0.4, -0.2) is 16.5 Å². The number of fused-ring (bicyclic) bond motifs is 1. The quantitative estimate of drug-likeness (QED) is 0.584. The molecule has 0 amide bonds. The minimum absolute atomic E-state index is 0.228. The molecule has 1 N–H and O–H groups in total. The Morgan fingerprint density at radius 3 is 2.55 bits per heavy atom. The summed E-state index contributed by atoms with van der Waals surface area (Å²) < 4.78 is 13.1.